The van der Waals surface area contributed by atoms with E-state index in [-0.39, 0.29) is 0 Å². The molecule has 11 nitrogen and oxygen atoms in total. The number of aliphatic hydroxyl groups is 3. The number of aliphatic hydroxyl groups excluding tert-OH is 3. The molecule has 0 spiro atoms. The summed E-state index contributed by atoms with van der Waals surface area (Å²) in [7, 11) is 0. The molecule has 1 aromatic rings. The van der Waals surface area contributed by atoms with Crippen LogP contribution in [-0.4, -0.2) is 49.8 Å². The molecule has 108 valence electrons. The number of ether oxygens (including phenoxy) is 1. The van der Waals surface area contributed by atoms with Crippen LogP contribution < -0.4 is 11.2 Å². The van der Waals surface area contributed by atoms with E-state index in [0.29, 0.717) is 0 Å². The van der Waals surface area contributed by atoms with Crippen molar-refractivity contribution in [3.8, 4) is 0 Å². The first-order valence-electron chi connectivity index (χ1n) is 5.52. The molecule has 4 atom stereocenters. The largest absolute Gasteiger partial charge is 0.394 e. The van der Waals surface area contributed by atoms with Gasteiger partial charge in [-0.25, -0.2) is 4.79 Å². The number of nitrogens with one attached hydrogen (secondary N) is 1. The summed E-state index contributed by atoms with van der Waals surface area (Å²) < 4.78 is 5.90. The summed E-state index contributed by atoms with van der Waals surface area (Å²) in [5, 5.41) is 31.4. The van der Waals surface area contributed by atoms with Crippen LogP contribution in [0.15, 0.2) is 20.9 Å². The number of H-pyrrole nitrogens is 1. The van der Waals surface area contributed by atoms with Crippen LogP contribution in [-0.2, 0) is 4.74 Å². The number of rotatable bonds is 3. The number of aromatic amines is 1. The van der Waals surface area contributed by atoms with Crippen molar-refractivity contribution in [2.75, 3.05) is 6.61 Å². The molecule has 0 aromatic carbocycles. The van der Waals surface area contributed by atoms with Crippen LogP contribution in [0, 0.1) is 0 Å². The molecule has 2 rings (SSSR count). The first-order valence-corrected chi connectivity index (χ1v) is 5.52. The van der Waals surface area contributed by atoms with Crippen LogP contribution in [0.1, 0.15) is 6.23 Å². The quantitative estimate of drug-likeness (QED) is 0.286. The highest BCUT2D eigenvalue weighted by Crippen LogP contribution is 2.28. The maximum atomic E-state index is 11.7. The molecule has 0 unspecified atom stereocenters. The molecule has 0 saturated carbocycles. The zero-order valence-corrected chi connectivity index (χ0v) is 9.95. The zero-order valence-electron chi connectivity index (χ0n) is 9.95. The van der Waals surface area contributed by atoms with E-state index in [9.17, 15) is 19.8 Å². The maximum Gasteiger partial charge on any atom is 0.330 e. The van der Waals surface area contributed by atoms with Gasteiger partial charge in [0.2, 0.25) is 0 Å². The Morgan fingerprint density at radius 3 is 2.70 bits per heavy atom. The van der Waals surface area contributed by atoms with Gasteiger partial charge in [-0.2, -0.15) is 0 Å². The van der Waals surface area contributed by atoms with E-state index in [4.69, 9.17) is 15.4 Å². The van der Waals surface area contributed by atoms with Crippen LogP contribution in [0.2, 0.25) is 0 Å². The minimum absolute atomic E-state index is 0.398. The van der Waals surface area contributed by atoms with Crippen LogP contribution in [0.3, 0.4) is 0 Å². The molecule has 0 radical (unpaired) electrons. The standard InChI is InChI=1S/C9H11N5O6/c10-13-12-3-1-14(9(19)11-7(3)18)8-6(17)5(16)4(2-15)20-8/h1,4-6,8,15-17H,2H2,(H,11,18,19)/t4-,5-,6-,8-/m1/s1. The van der Waals surface area contributed by atoms with E-state index in [1.54, 1.807) is 0 Å². The average molecular weight is 285 g/mol. The van der Waals surface area contributed by atoms with Crippen LogP contribution in [0.4, 0.5) is 5.69 Å². The summed E-state index contributed by atoms with van der Waals surface area (Å²) >= 11 is 0. The Bertz CT molecular complexity index is 662. The van der Waals surface area contributed by atoms with E-state index in [2.05, 4.69) is 10.0 Å². The van der Waals surface area contributed by atoms with Crippen LogP contribution >= 0.6 is 0 Å². The van der Waals surface area contributed by atoms with Gasteiger partial charge in [0.05, 0.1) is 6.61 Å². The number of hydrogen-bond donors (Lipinski definition) is 4. The Balaban J connectivity index is 2.48. The third-order valence-corrected chi connectivity index (χ3v) is 2.89. The molecule has 0 amide bonds. The molecule has 1 aromatic heterocycles. The van der Waals surface area contributed by atoms with E-state index in [0.717, 1.165) is 10.8 Å². The summed E-state index contributed by atoms with van der Waals surface area (Å²) in [4.78, 5) is 27.3. The van der Waals surface area contributed by atoms with Gasteiger partial charge in [-0.15, -0.1) is 0 Å². The van der Waals surface area contributed by atoms with Gasteiger partial charge >= 0.3 is 5.69 Å². The summed E-state index contributed by atoms with van der Waals surface area (Å²) in [5.41, 5.74) is 6.10. The second-order valence-corrected chi connectivity index (χ2v) is 4.10. The predicted molar refractivity (Wildman–Crippen MR) is 63.1 cm³/mol. The minimum atomic E-state index is -1.49. The van der Waals surface area contributed by atoms with Crippen molar-refractivity contribution in [3.05, 3.63) is 37.5 Å². The summed E-state index contributed by atoms with van der Waals surface area (Å²) in [6.45, 7) is -0.559. The van der Waals surface area contributed by atoms with Gasteiger partial charge in [-0.05, 0) is 5.53 Å². The Kier molecular flexibility index (Phi) is 3.88. The van der Waals surface area contributed by atoms with E-state index >= 15 is 0 Å². The van der Waals surface area contributed by atoms with E-state index < -0.39 is 48.1 Å². The lowest BCUT2D eigenvalue weighted by molar-refractivity contribution is -0.0549. The number of azide groups is 1. The third-order valence-electron chi connectivity index (χ3n) is 2.89. The van der Waals surface area contributed by atoms with E-state index in [1.807, 2.05) is 4.98 Å². The minimum Gasteiger partial charge on any atom is -0.394 e. The van der Waals surface area contributed by atoms with Gasteiger partial charge in [0.1, 0.15) is 24.0 Å². The maximum absolute atomic E-state index is 11.7. The second kappa shape index (κ2) is 5.45. The summed E-state index contributed by atoms with van der Waals surface area (Å²) in [6, 6.07) is 0. The highest BCUT2D eigenvalue weighted by Gasteiger charge is 2.43. The number of hydrogen-bond acceptors (Lipinski definition) is 7. The van der Waals surface area contributed by atoms with Gasteiger partial charge in [0, 0.05) is 11.1 Å². The van der Waals surface area contributed by atoms with Gasteiger partial charge in [0.15, 0.2) is 6.23 Å². The lowest BCUT2D eigenvalue weighted by Crippen LogP contribution is -2.37. The first kappa shape index (κ1) is 14.2. The molecular formula is C9H11N5O6. The highest BCUT2D eigenvalue weighted by atomic mass is 16.6. The molecule has 4 N–H and O–H groups in total. The Morgan fingerprint density at radius 2 is 2.15 bits per heavy atom. The lowest BCUT2D eigenvalue weighted by Gasteiger charge is -2.17. The lowest BCUT2D eigenvalue weighted by atomic mass is 10.1. The fourth-order valence-corrected chi connectivity index (χ4v) is 1.89. The Morgan fingerprint density at radius 1 is 1.45 bits per heavy atom. The molecule has 2 heterocycles. The molecule has 0 bridgehead atoms. The van der Waals surface area contributed by atoms with Crippen molar-refractivity contribution in [1.82, 2.24) is 9.55 Å². The van der Waals surface area contributed by atoms with Crippen molar-refractivity contribution >= 4 is 5.69 Å². The molecule has 20 heavy (non-hydrogen) atoms. The van der Waals surface area contributed by atoms with Crippen molar-refractivity contribution in [1.29, 1.82) is 0 Å². The summed E-state index contributed by atoms with van der Waals surface area (Å²) in [6.07, 6.45) is -4.38. The monoisotopic (exact) mass is 285 g/mol. The fraction of sp³-hybridized carbons (Fsp3) is 0.556. The van der Waals surface area contributed by atoms with Crippen LogP contribution in [0.25, 0.3) is 10.4 Å². The van der Waals surface area contributed by atoms with Gasteiger partial charge in [-0.1, -0.05) is 5.11 Å². The van der Waals surface area contributed by atoms with Crippen molar-refractivity contribution < 1.29 is 20.1 Å². The Labute approximate surface area is 110 Å². The van der Waals surface area contributed by atoms with Crippen molar-refractivity contribution in [3.63, 3.8) is 0 Å². The predicted octanol–water partition coefficient (Wildman–Crippen LogP) is -1.91. The Hall–Kier alpha value is -2.17. The van der Waals surface area contributed by atoms with Crippen LogP contribution in [0.5, 0.6) is 0 Å². The SMILES string of the molecule is [N-]=[N+]=Nc1cn([C@@H]2O[C@H](CO)[C@@H](O)[C@H]2O)c(=O)[nH]c1=O. The van der Waals surface area contributed by atoms with Crippen molar-refractivity contribution in [2.45, 2.75) is 24.5 Å². The average Bonchev–Trinajstić information content (AvgIpc) is 2.70. The topological polar surface area (TPSA) is 174 Å². The molecular weight excluding hydrogens is 274 g/mol. The molecule has 1 saturated heterocycles. The molecule has 0 aliphatic carbocycles. The second-order valence-electron chi connectivity index (χ2n) is 4.10. The number of aromatic nitrogens is 2. The summed E-state index contributed by atoms with van der Waals surface area (Å²) in [5.74, 6) is 0. The highest BCUT2D eigenvalue weighted by molar-refractivity contribution is 5.29. The third kappa shape index (κ3) is 2.31. The molecule has 1 fully saturated rings. The zero-order chi connectivity index (χ0) is 14.9. The van der Waals surface area contributed by atoms with Gasteiger partial charge in [-0.3, -0.25) is 14.3 Å². The fourth-order valence-electron chi connectivity index (χ4n) is 1.89. The molecule has 1 aliphatic rings. The first-order chi connectivity index (χ1) is 9.49. The van der Waals surface area contributed by atoms with E-state index in [1.165, 1.54) is 0 Å². The van der Waals surface area contributed by atoms with Gasteiger partial charge in [0.25, 0.3) is 5.56 Å². The normalized spacial score (nSPS) is 29.1. The smallest absolute Gasteiger partial charge is 0.330 e. The molecule has 11 heteroatoms. The van der Waals surface area contributed by atoms with Gasteiger partial charge < -0.3 is 20.1 Å². The molecule has 1 aliphatic heterocycles. The van der Waals surface area contributed by atoms with Crippen molar-refractivity contribution in [2.24, 2.45) is 5.11 Å². The number of nitrogens with zero attached hydrogens (tertiary/aromatic N) is 4.